The molecule has 1 nitrogen and oxygen atoms in total. The molecule has 0 aliphatic heterocycles. The standard InChI is InChI=1S/C15H34NSi.Li.H/c1-6-8-10-12-14-16(17(3,4)5)15-13-11-9-7-2;;/h3,6-15H2,1-2,4-5H3;;. The third-order valence-corrected chi connectivity index (χ3v) is 5.58. The van der Waals surface area contributed by atoms with Crippen molar-refractivity contribution in [1.29, 1.82) is 0 Å². The number of hydrogen-bond donors (Lipinski definition) is 0. The van der Waals surface area contributed by atoms with Gasteiger partial charge in [-0.3, -0.25) is 0 Å². The summed E-state index contributed by atoms with van der Waals surface area (Å²) in [7, 11) is -1.32. The van der Waals surface area contributed by atoms with Crippen molar-refractivity contribution in [3.63, 3.8) is 0 Å². The summed E-state index contributed by atoms with van der Waals surface area (Å²) in [5, 5.41) is 0. The molecule has 0 spiro atoms. The van der Waals surface area contributed by atoms with Gasteiger partial charge >= 0.3 is 18.9 Å². The first-order valence-electron chi connectivity index (χ1n) is 7.62. The quantitative estimate of drug-likeness (QED) is 0.395. The van der Waals surface area contributed by atoms with Gasteiger partial charge in [0.05, 0.1) is 0 Å². The number of unbranched alkanes of at least 4 members (excludes halogenated alkanes) is 6. The first-order valence-corrected chi connectivity index (χ1v) is 10.8. The van der Waals surface area contributed by atoms with Crippen LogP contribution in [0.5, 0.6) is 0 Å². The molecule has 0 aromatic heterocycles. The molecular weight excluding hydrogens is 229 g/mol. The average molecular weight is 264 g/mol. The third kappa shape index (κ3) is 11.8. The zero-order valence-electron chi connectivity index (χ0n) is 12.7. The second-order valence-corrected chi connectivity index (χ2v) is 10.2. The minimum atomic E-state index is -1.32. The summed E-state index contributed by atoms with van der Waals surface area (Å²) in [4.78, 5) is 0. The van der Waals surface area contributed by atoms with Crippen molar-refractivity contribution in [3.05, 3.63) is 6.55 Å². The molecule has 0 aliphatic rings. The Kier molecular flexibility index (Phi) is 15.0. The predicted octanol–water partition coefficient (Wildman–Crippen LogP) is 4.38. The molecule has 0 rings (SSSR count). The molecule has 0 saturated carbocycles. The maximum absolute atomic E-state index is 4.43. The summed E-state index contributed by atoms with van der Waals surface area (Å²) in [6, 6.07) is 0. The molecule has 105 valence electrons. The summed E-state index contributed by atoms with van der Waals surface area (Å²) < 4.78 is 2.71. The van der Waals surface area contributed by atoms with Gasteiger partial charge < -0.3 is 4.57 Å². The molecule has 3 heteroatoms. The molecule has 0 aromatic carbocycles. The van der Waals surface area contributed by atoms with E-state index in [2.05, 4.69) is 38.1 Å². The van der Waals surface area contributed by atoms with Crippen molar-refractivity contribution in [1.82, 2.24) is 4.57 Å². The SMILES string of the molecule is [CH2][Si](C)(C)N(CCCCCC)CCCCCC.[LiH]. The van der Waals surface area contributed by atoms with Crippen molar-refractivity contribution in [3.8, 4) is 0 Å². The van der Waals surface area contributed by atoms with E-state index in [1.807, 2.05) is 0 Å². The van der Waals surface area contributed by atoms with Crippen LogP contribution >= 0.6 is 0 Å². The van der Waals surface area contributed by atoms with E-state index >= 15 is 0 Å². The van der Waals surface area contributed by atoms with Crippen LogP contribution < -0.4 is 0 Å². The summed E-state index contributed by atoms with van der Waals surface area (Å²) in [5.74, 6) is 0. The summed E-state index contributed by atoms with van der Waals surface area (Å²) in [6.07, 6.45) is 11.0. The van der Waals surface area contributed by atoms with Gasteiger partial charge in [0.1, 0.15) is 8.24 Å². The van der Waals surface area contributed by atoms with E-state index < -0.39 is 8.24 Å². The first-order chi connectivity index (χ1) is 8.02. The molecule has 0 amide bonds. The maximum atomic E-state index is 4.43. The monoisotopic (exact) mass is 264 g/mol. The minimum absolute atomic E-state index is 0. The van der Waals surface area contributed by atoms with Crippen molar-refractivity contribution >= 4 is 27.1 Å². The molecule has 18 heavy (non-hydrogen) atoms. The Hall–Kier alpha value is 0.774. The summed E-state index contributed by atoms with van der Waals surface area (Å²) in [6.45, 7) is 16.3. The summed E-state index contributed by atoms with van der Waals surface area (Å²) in [5.41, 5.74) is 0. The molecule has 0 bridgehead atoms. The predicted molar refractivity (Wildman–Crippen MR) is 89.8 cm³/mol. The number of hydrogen-bond acceptors (Lipinski definition) is 1. The van der Waals surface area contributed by atoms with Gasteiger partial charge in [-0.2, -0.15) is 0 Å². The Morgan fingerprint density at radius 2 is 1.17 bits per heavy atom. The van der Waals surface area contributed by atoms with Crippen LogP contribution in [0, 0.1) is 6.55 Å². The Morgan fingerprint density at radius 3 is 1.44 bits per heavy atom. The van der Waals surface area contributed by atoms with E-state index in [-0.39, 0.29) is 18.9 Å². The van der Waals surface area contributed by atoms with Crippen LogP contribution in [0.2, 0.25) is 13.1 Å². The Labute approximate surface area is 129 Å². The summed E-state index contributed by atoms with van der Waals surface area (Å²) >= 11 is 0. The number of rotatable bonds is 11. The molecule has 0 heterocycles. The Bertz CT molecular complexity index is 156. The fraction of sp³-hybridized carbons (Fsp3) is 0.933. The molecule has 0 saturated heterocycles. The fourth-order valence-electron chi connectivity index (χ4n) is 2.18. The van der Waals surface area contributed by atoms with Gasteiger partial charge in [0, 0.05) is 0 Å². The normalized spacial score (nSPS) is 11.7. The van der Waals surface area contributed by atoms with E-state index in [4.69, 9.17) is 0 Å². The molecule has 0 aliphatic carbocycles. The van der Waals surface area contributed by atoms with Crippen molar-refractivity contribution in [2.45, 2.75) is 78.3 Å². The van der Waals surface area contributed by atoms with Crippen LogP contribution in [0.1, 0.15) is 65.2 Å². The van der Waals surface area contributed by atoms with E-state index in [1.165, 1.54) is 64.5 Å². The Morgan fingerprint density at radius 1 is 0.778 bits per heavy atom. The fourth-order valence-corrected chi connectivity index (χ4v) is 3.70. The second kappa shape index (κ2) is 12.8. The van der Waals surface area contributed by atoms with Crippen LogP contribution in [0.3, 0.4) is 0 Å². The molecule has 0 unspecified atom stereocenters. The van der Waals surface area contributed by atoms with Gasteiger partial charge in [0.2, 0.25) is 0 Å². The van der Waals surface area contributed by atoms with Crippen molar-refractivity contribution < 1.29 is 0 Å². The van der Waals surface area contributed by atoms with Gasteiger partial charge in [0.25, 0.3) is 0 Å². The molecule has 0 aromatic rings. The Balaban J connectivity index is 0. The molecule has 1 radical (unpaired) electrons. The van der Waals surface area contributed by atoms with Gasteiger partial charge in [-0.15, -0.1) is 0 Å². The van der Waals surface area contributed by atoms with E-state index in [9.17, 15) is 0 Å². The van der Waals surface area contributed by atoms with Gasteiger partial charge in [-0.25, -0.2) is 0 Å². The topological polar surface area (TPSA) is 3.24 Å². The first kappa shape index (κ1) is 21.1. The van der Waals surface area contributed by atoms with Crippen LogP contribution in [0.15, 0.2) is 0 Å². The second-order valence-electron chi connectivity index (χ2n) is 5.92. The zero-order valence-corrected chi connectivity index (χ0v) is 13.7. The molecular formula is C15H35LiNSi. The van der Waals surface area contributed by atoms with Crippen LogP contribution in [0.25, 0.3) is 0 Å². The van der Waals surface area contributed by atoms with Gasteiger partial charge in [0.15, 0.2) is 0 Å². The van der Waals surface area contributed by atoms with Gasteiger partial charge in [-0.05, 0) is 32.5 Å². The molecule has 0 atom stereocenters. The zero-order chi connectivity index (χ0) is 13.1. The van der Waals surface area contributed by atoms with E-state index in [0.29, 0.717) is 0 Å². The van der Waals surface area contributed by atoms with Crippen molar-refractivity contribution in [2.24, 2.45) is 0 Å². The molecule has 0 fully saturated rings. The number of nitrogens with zero attached hydrogens (tertiary/aromatic N) is 1. The molecule has 0 N–H and O–H groups in total. The van der Waals surface area contributed by atoms with Gasteiger partial charge in [-0.1, -0.05) is 65.5 Å². The third-order valence-electron chi connectivity index (χ3n) is 3.42. The van der Waals surface area contributed by atoms with Crippen molar-refractivity contribution in [2.75, 3.05) is 13.1 Å². The van der Waals surface area contributed by atoms with E-state index in [1.54, 1.807) is 0 Å². The van der Waals surface area contributed by atoms with E-state index in [0.717, 1.165) is 0 Å². The van der Waals surface area contributed by atoms with Crippen LogP contribution in [0.4, 0.5) is 0 Å². The van der Waals surface area contributed by atoms with Crippen LogP contribution in [-0.2, 0) is 0 Å². The van der Waals surface area contributed by atoms with Crippen LogP contribution in [-0.4, -0.2) is 44.8 Å². The average Bonchev–Trinajstić information content (AvgIpc) is 2.25.